The first kappa shape index (κ1) is 7.86. The van der Waals surface area contributed by atoms with E-state index >= 15 is 0 Å². The van der Waals surface area contributed by atoms with Crippen LogP contribution in [0.3, 0.4) is 0 Å². The number of hydrogen-bond donors (Lipinski definition) is 0. The third-order valence-corrected chi connectivity index (χ3v) is 1.60. The number of hydrogen-bond acceptors (Lipinski definition) is 3. The number of rotatable bonds is 2. The van der Waals surface area contributed by atoms with Crippen molar-refractivity contribution in [3.63, 3.8) is 0 Å². The molecule has 2 heterocycles. The standard InChI is InChI=1S/C10H9NO2/c1-8-7-10(13-11-8)5-4-9-3-2-6-12-9/h2-7H,1H3/b5-4+. The Morgan fingerprint density at radius 1 is 1.31 bits per heavy atom. The van der Waals surface area contributed by atoms with Crippen LogP contribution in [0.15, 0.2) is 33.4 Å². The van der Waals surface area contributed by atoms with E-state index < -0.39 is 0 Å². The molecule has 0 aromatic carbocycles. The second-order valence-electron chi connectivity index (χ2n) is 2.72. The monoisotopic (exact) mass is 175 g/mol. The third kappa shape index (κ3) is 1.87. The summed E-state index contributed by atoms with van der Waals surface area (Å²) in [6.07, 6.45) is 5.28. The molecular formula is C10H9NO2. The second kappa shape index (κ2) is 3.31. The van der Waals surface area contributed by atoms with Gasteiger partial charge in [0.05, 0.1) is 12.0 Å². The molecular weight excluding hydrogens is 166 g/mol. The quantitative estimate of drug-likeness (QED) is 0.704. The normalized spacial score (nSPS) is 11.2. The van der Waals surface area contributed by atoms with Gasteiger partial charge in [0.1, 0.15) is 5.76 Å². The highest BCUT2D eigenvalue weighted by molar-refractivity contribution is 5.64. The number of aryl methyl sites for hydroxylation is 1. The average molecular weight is 175 g/mol. The molecule has 0 N–H and O–H groups in total. The highest BCUT2D eigenvalue weighted by Gasteiger charge is 1.95. The first-order valence-electron chi connectivity index (χ1n) is 3.99. The predicted molar refractivity (Wildman–Crippen MR) is 48.9 cm³/mol. The Kier molecular flexibility index (Phi) is 2.00. The van der Waals surface area contributed by atoms with Crippen molar-refractivity contribution in [3.05, 3.63) is 41.7 Å². The lowest BCUT2D eigenvalue weighted by molar-refractivity contribution is 0.408. The van der Waals surface area contributed by atoms with Gasteiger partial charge in [-0.1, -0.05) is 5.16 Å². The van der Waals surface area contributed by atoms with Gasteiger partial charge < -0.3 is 8.94 Å². The van der Waals surface area contributed by atoms with Gasteiger partial charge >= 0.3 is 0 Å². The molecule has 0 spiro atoms. The maximum atomic E-state index is 5.11. The van der Waals surface area contributed by atoms with Crippen molar-refractivity contribution in [1.29, 1.82) is 0 Å². The Bertz CT molecular complexity index is 398. The Morgan fingerprint density at radius 3 is 2.77 bits per heavy atom. The number of aromatic nitrogens is 1. The van der Waals surface area contributed by atoms with Crippen molar-refractivity contribution in [2.24, 2.45) is 0 Å². The Labute approximate surface area is 75.7 Å². The molecule has 0 atom stereocenters. The number of furan rings is 1. The highest BCUT2D eigenvalue weighted by Crippen LogP contribution is 2.09. The van der Waals surface area contributed by atoms with Crippen LogP contribution in [-0.4, -0.2) is 5.16 Å². The van der Waals surface area contributed by atoms with Gasteiger partial charge in [0, 0.05) is 6.07 Å². The fourth-order valence-electron chi connectivity index (χ4n) is 1.01. The predicted octanol–water partition coefficient (Wildman–Crippen LogP) is 2.75. The van der Waals surface area contributed by atoms with Gasteiger partial charge in [-0.2, -0.15) is 0 Å². The minimum atomic E-state index is 0.730. The van der Waals surface area contributed by atoms with E-state index in [-0.39, 0.29) is 0 Å². The fraction of sp³-hybridized carbons (Fsp3) is 0.100. The zero-order valence-corrected chi connectivity index (χ0v) is 7.23. The van der Waals surface area contributed by atoms with E-state index in [0.29, 0.717) is 0 Å². The first-order chi connectivity index (χ1) is 6.34. The van der Waals surface area contributed by atoms with Crippen molar-refractivity contribution >= 4 is 12.2 Å². The van der Waals surface area contributed by atoms with Crippen LogP contribution in [0.25, 0.3) is 12.2 Å². The van der Waals surface area contributed by atoms with E-state index in [0.717, 1.165) is 17.2 Å². The van der Waals surface area contributed by atoms with E-state index in [2.05, 4.69) is 5.16 Å². The van der Waals surface area contributed by atoms with Crippen LogP contribution in [0.5, 0.6) is 0 Å². The molecule has 13 heavy (non-hydrogen) atoms. The molecule has 0 radical (unpaired) electrons. The SMILES string of the molecule is Cc1cc(/C=C/c2ccco2)on1. The minimum Gasteiger partial charge on any atom is -0.465 e. The van der Waals surface area contributed by atoms with Gasteiger partial charge in [-0.3, -0.25) is 0 Å². The zero-order valence-electron chi connectivity index (χ0n) is 7.23. The smallest absolute Gasteiger partial charge is 0.160 e. The van der Waals surface area contributed by atoms with Gasteiger partial charge in [0.2, 0.25) is 0 Å². The molecule has 2 rings (SSSR count). The minimum absolute atomic E-state index is 0.730. The summed E-state index contributed by atoms with van der Waals surface area (Å²) >= 11 is 0. The van der Waals surface area contributed by atoms with E-state index in [1.54, 1.807) is 6.26 Å². The molecule has 0 amide bonds. The average Bonchev–Trinajstić information content (AvgIpc) is 2.71. The largest absolute Gasteiger partial charge is 0.465 e. The van der Waals surface area contributed by atoms with E-state index in [9.17, 15) is 0 Å². The molecule has 0 aliphatic carbocycles. The summed E-state index contributed by atoms with van der Waals surface area (Å²) in [6.45, 7) is 1.88. The van der Waals surface area contributed by atoms with Gasteiger partial charge in [-0.15, -0.1) is 0 Å². The Hall–Kier alpha value is -1.77. The molecule has 3 heteroatoms. The summed E-state index contributed by atoms with van der Waals surface area (Å²) in [5.41, 5.74) is 0.874. The van der Waals surface area contributed by atoms with Crippen LogP contribution >= 0.6 is 0 Å². The molecule has 0 aliphatic heterocycles. The molecule has 2 aromatic heterocycles. The van der Waals surface area contributed by atoms with Crippen LogP contribution in [-0.2, 0) is 0 Å². The van der Waals surface area contributed by atoms with Crippen LogP contribution in [0.1, 0.15) is 17.2 Å². The molecule has 0 aliphatic rings. The van der Waals surface area contributed by atoms with E-state index in [1.807, 2.05) is 37.3 Å². The third-order valence-electron chi connectivity index (χ3n) is 1.60. The van der Waals surface area contributed by atoms with E-state index in [1.165, 1.54) is 0 Å². The molecule has 0 fully saturated rings. The lowest BCUT2D eigenvalue weighted by atomic mass is 10.3. The van der Waals surface area contributed by atoms with Crippen molar-refractivity contribution in [1.82, 2.24) is 5.16 Å². The van der Waals surface area contributed by atoms with Crippen molar-refractivity contribution in [2.45, 2.75) is 6.92 Å². The van der Waals surface area contributed by atoms with Crippen LogP contribution in [0.4, 0.5) is 0 Å². The first-order valence-corrected chi connectivity index (χ1v) is 3.99. The van der Waals surface area contributed by atoms with Gasteiger partial charge in [0.25, 0.3) is 0 Å². The topological polar surface area (TPSA) is 39.2 Å². The molecule has 0 unspecified atom stereocenters. The van der Waals surface area contributed by atoms with Crippen LogP contribution < -0.4 is 0 Å². The highest BCUT2D eigenvalue weighted by atomic mass is 16.5. The summed E-state index contributed by atoms with van der Waals surface area (Å²) in [5.74, 6) is 1.53. The summed E-state index contributed by atoms with van der Waals surface area (Å²) in [7, 11) is 0. The van der Waals surface area contributed by atoms with Crippen LogP contribution in [0.2, 0.25) is 0 Å². The molecule has 0 saturated heterocycles. The molecule has 0 saturated carbocycles. The maximum Gasteiger partial charge on any atom is 0.160 e. The van der Waals surface area contributed by atoms with Crippen molar-refractivity contribution in [3.8, 4) is 0 Å². The summed E-state index contributed by atoms with van der Waals surface area (Å²) in [4.78, 5) is 0. The molecule has 3 nitrogen and oxygen atoms in total. The zero-order chi connectivity index (χ0) is 9.10. The van der Waals surface area contributed by atoms with Crippen LogP contribution in [0, 0.1) is 6.92 Å². The van der Waals surface area contributed by atoms with Crippen molar-refractivity contribution < 1.29 is 8.94 Å². The van der Waals surface area contributed by atoms with Crippen molar-refractivity contribution in [2.75, 3.05) is 0 Å². The summed E-state index contributed by atoms with van der Waals surface area (Å²) < 4.78 is 10.1. The summed E-state index contributed by atoms with van der Waals surface area (Å²) in [6, 6.07) is 5.57. The second-order valence-corrected chi connectivity index (χ2v) is 2.72. The Balaban J connectivity index is 2.14. The van der Waals surface area contributed by atoms with Gasteiger partial charge in [-0.25, -0.2) is 0 Å². The molecule has 66 valence electrons. The molecule has 2 aromatic rings. The Morgan fingerprint density at radius 2 is 2.15 bits per heavy atom. The van der Waals surface area contributed by atoms with Gasteiger partial charge in [0.15, 0.2) is 5.76 Å². The fourth-order valence-corrected chi connectivity index (χ4v) is 1.01. The lowest BCUT2D eigenvalue weighted by Crippen LogP contribution is -1.62. The summed E-state index contributed by atoms with van der Waals surface area (Å²) in [5, 5.41) is 3.76. The van der Waals surface area contributed by atoms with E-state index in [4.69, 9.17) is 8.94 Å². The van der Waals surface area contributed by atoms with Gasteiger partial charge in [-0.05, 0) is 31.2 Å². The number of nitrogens with zero attached hydrogens (tertiary/aromatic N) is 1. The molecule has 0 bridgehead atoms. The maximum absolute atomic E-state index is 5.11. The lowest BCUT2D eigenvalue weighted by Gasteiger charge is -1.81.